The van der Waals surface area contributed by atoms with E-state index in [2.05, 4.69) is 5.10 Å². The molecule has 0 N–H and O–H groups in total. The molecule has 2 amide bonds. The summed E-state index contributed by atoms with van der Waals surface area (Å²) in [5.41, 5.74) is 1.78. The van der Waals surface area contributed by atoms with Crippen molar-refractivity contribution in [2.24, 2.45) is 16.9 Å². The third kappa shape index (κ3) is 1.64. The van der Waals surface area contributed by atoms with Gasteiger partial charge in [0.05, 0.1) is 29.1 Å². The molecule has 3 aliphatic rings. The Hall–Kier alpha value is -1.82. The average Bonchev–Trinajstić information content (AvgIpc) is 2.97. The number of hydrogen-bond donors (Lipinski definition) is 0. The Morgan fingerprint density at radius 1 is 1.18 bits per heavy atom. The fourth-order valence-corrected chi connectivity index (χ4v) is 5.09. The molecular weight excluding hydrogens is 298 g/mol. The monoisotopic (exact) mass is 315 g/mol. The molecular formula is C16H17N3O2S. The summed E-state index contributed by atoms with van der Waals surface area (Å²) < 4.78 is 0. The van der Waals surface area contributed by atoms with Gasteiger partial charge in [0.2, 0.25) is 11.8 Å². The van der Waals surface area contributed by atoms with Gasteiger partial charge < -0.3 is 0 Å². The molecule has 0 aliphatic carbocycles. The van der Waals surface area contributed by atoms with Crippen molar-refractivity contribution in [2.45, 2.75) is 25.6 Å². The summed E-state index contributed by atoms with van der Waals surface area (Å²) in [7, 11) is 0. The zero-order valence-corrected chi connectivity index (χ0v) is 13.6. The standard InChI is InChI=1S/C16H17N3O2S/c1-9-4-6-11(7-5-9)19-14(20)12-8-18-16(3,13(12)15(19)21)22-10(2)17-18/h4-7,12-13H,8H2,1-3H3/t12-,13+,16-/m0/s1. The molecule has 0 saturated carbocycles. The molecule has 0 aromatic heterocycles. The van der Waals surface area contributed by atoms with E-state index in [1.165, 1.54) is 4.90 Å². The molecule has 0 unspecified atom stereocenters. The molecule has 0 spiro atoms. The van der Waals surface area contributed by atoms with Gasteiger partial charge in [-0.15, -0.1) is 0 Å². The number of fused-ring (bicyclic) bond motifs is 3. The highest BCUT2D eigenvalue weighted by molar-refractivity contribution is 8.15. The van der Waals surface area contributed by atoms with Crippen LogP contribution in [0.5, 0.6) is 0 Å². The molecule has 4 rings (SSSR count). The number of rotatable bonds is 1. The lowest BCUT2D eigenvalue weighted by atomic mass is 9.93. The van der Waals surface area contributed by atoms with Crippen LogP contribution in [-0.2, 0) is 9.59 Å². The van der Waals surface area contributed by atoms with Crippen LogP contribution in [0.2, 0.25) is 0 Å². The molecule has 5 nitrogen and oxygen atoms in total. The molecule has 0 bridgehead atoms. The van der Waals surface area contributed by atoms with Crippen LogP contribution in [0.15, 0.2) is 29.4 Å². The summed E-state index contributed by atoms with van der Waals surface area (Å²) in [5.74, 6) is -0.806. The quantitative estimate of drug-likeness (QED) is 0.746. The number of hydrazone groups is 1. The van der Waals surface area contributed by atoms with Crippen molar-refractivity contribution in [3.63, 3.8) is 0 Å². The minimum absolute atomic E-state index is 0.0945. The minimum Gasteiger partial charge on any atom is -0.278 e. The number of hydrogen-bond acceptors (Lipinski definition) is 5. The van der Waals surface area contributed by atoms with Crippen LogP contribution in [0.3, 0.4) is 0 Å². The lowest BCUT2D eigenvalue weighted by molar-refractivity contribution is -0.123. The fraction of sp³-hybridized carbons (Fsp3) is 0.438. The van der Waals surface area contributed by atoms with Gasteiger partial charge in [-0.25, -0.2) is 4.90 Å². The highest BCUT2D eigenvalue weighted by atomic mass is 32.2. The third-order valence-corrected chi connectivity index (χ3v) is 6.05. The fourth-order valence-electron chi connectivity index (χ4n) is 3.74. The van der Waals surface area contributed by atoms with Crippen molar-refractivity contribution in [3.05, 3.63) is 29.8 Å². The van der Waals surface area contributed by atoms with Gasteiger partial charge in [-0.05, 0) is 32.9 Å². The lowest BCUT2D eigenvalue weighted by Gasteiger charge is -2.30. The van der Waals surface area contributed by atoms with Gasteiger partial charge in [0, 0.05) is 0 Å². The SMILES string of the molecule is CC1=NN2C[C@@H]3C(=O)N(c4ccc(C)cc4)C(=O)[C@@H]3[C@]2(C)S1. The first-order valence-corrected chi connectivity index (χ1v) is 8.20. The second kappa shape index (κ2) is 4.35. The molecule has 1 aromatic rings. The summed E-state index contributed by atoms with van der Waals surface area (Å²) in [5, 5.41) is 7.35. The van der Waals surface area contributed by atoms with E-state index < -0.39 is 4.87 Å². The Morgan fingerprint density at radius 2 is 1.86 bits per heavy atom. The third-order valence-electron chi connectivity index (χ3n) is 4.79. The summed E-state index contributed by atoms with van der Waals surface area (Å²) in [6.07, 6.45) is 0. The number of nitrogens with zero attached hydrogens (tertiary/aromatic N) is 3. The number of benzene rings is 1. The molecule has 3 heterocycles. The molecule has 3 atom stereocenters. The Bertz CT molecular complexity index is 715. The van der Waals surface area contributed by atoms with E-state index in [0.717, 1.165) is 10.6 Å². The van der Waals surface area contributed by atoms with E-state index in [0.29, 0.717) is 12.2 Å². The molecule has 2 fully saturated rings. The number of imide groups is 1. The van der Waals surface area contributed by atoms with Gasteiger partial charge in [-0.2, -0.15) is 5.10 Å². The molecule has 114 valence electrons. The Morgan fingerprint density at radius 3 is 2.55 bits per heavy atom. The molecule has 0 radical (unpaired) electrons. The molecule has 6 heteroatoms. The van der Waals surface area contributed by atoms with Crippen LogP contribution >= 0.6 is 11.8 Å². The topological polar surface area (TPSA) is 53.0 Å². The highest BCUT2D eigenvalue weighted by Crippen LogP contribution is 2.54. The predicted octanol–water partition coefficient (Wildman–Crippen LogP) is 2.21. The maximum absolute atomic E-state index is 13.0. The highest BCUT2D eigenvalue weighted by Gasteiger charge is 2.65. The van der Waals surface area contributed by atoms with E-state index in [1.807, 2.05) is 50.0 Å². The number of carbonyl (C=O) groups is 2. The van der Waals surface area contributed by atoms with E-state index in [4.69, 9.17) is 0 Å². The predicted molar refractivity (Wildman–Crippen MR) is 86.5 cm³/mol. The average molecular weight is 315 g/mol. The van der Waals surface area contributed by atoms with Crippen LogP contribution in [0.25, 0.3) is 0 Å². The molecule has 1 aromatic carbocycles. The summed E-state index contributed by atoms with van der Waals surface area (Å²) in [6, 6.07) is 7.54. The van der Waals surface area contributed by atoms with E-state index >= 15 is 0 Å². The zero-order chi connectivity index (χ0) is 15.6. The first-order valence-electron chi connectivity index (χ1n) is 7.38. The first-order chi connectivity index (χ1) is 10.4. The second-order valence-corrected chi connectivity index (χ2v) is 7.91. The Kier molecular flexibility index (Phi) is 2.73. The second-order valence-electron chi connectivity index (χ2n) is 6.29. The summed E-state index contributed by atoms with van der Waals surface area (Å²) in [4.78, 5) is 26.6. The van der Waals surface area contributed by atoms with Crippen molar-refractivity contribution in [1.82, 2.24) is 5.01 Å². The summed E-state index contributed by atoms with van der Waals surface area (Å²) >= 11 is 1.60. The zero-order valence-electron chi connectivity index (χ0n) is 12.7. The van der Waals surface area contributed by atoms with Crippen molar-refractivity contribution < 1.29 is 9.59 Å². The first kappa shape index (κ1) is 13.8. The van der Waals surface area contributed by atoms with Crippen LogP contribution < -0.4 is 4.90 Å². The van der Waals surface area contributed by atoms with Gasteiger partial charge in [-0.3, -0.25) is 14.6 Å². The van der Waals surface area contributed by atoms with Crippen molar-refractivity contribution in [1.29, 1.82) is 0 Å². The Balaban J connectivity index is 1.72. The number of amides is 2. The largest absolute Gasteiger partial charge is 0.278 e. The lowest BCUT2D eigenvalue weighted by Crippen LogP contribution is -2.43. The molecule has 22 heavy (non-hydrogen) atoms. The number of carbonyl (C=O) groups excluding carboxylic acids is 2. The van der Waals surface area contributed by atoms with Gasteiger partial charge >= 0.3 is 0 Å². The minimum atomic E-state index is -0.430. The normalized spacial score (nSPS) is 33.3. The summed E-state index contributed by atoms with van der Waals surface area (Å²) in [6.45, 7) is 6.48. The maximum Gasteiger partial charge on any atom is 0.241 e. The number of anilines is 1. The smallest absolute Gasteiger partial charge is 0.241 e. The molecule has 2 saturated heterocycles. The van der Waals surface area contributed by atoms with Crippen molar-refractivity contribution in [2.75, 3.05) is 11.4 Å². The Labute approximate surface area is 133 Å². The van der Waals surface area contributed by atoms with E-state index in [1.54, 1.807) is 11.8 Å². The van der Waals surface area contributed by atoms with Crippen molar-refractivity contribution >= 4 is 34.3 Å². The van der Waals surface area contributed by atoms with Gasteiger partial charge in [0.15, 0.2) is 0 Å². The van der Waals surface area contributed by atoms with Crippen LogP contribution in [0.1, 0.15) is 19.4 Å². The van der Waals surface area contributed by atoms with Crippen LogP contribution in [0.4, 0.5) is 5.69 Å². The van der Waals surface area contributed by atoms with Crippen LogP contribution in [-0.4, -0.2) is 33.3 Å². The van der Waals surface area contributed by atoms with Gasteiger partial charge in [0.25, 0.3) is 0 Å². The van der Waals surface area contributed by atoms with Gasteiger partial charge in [0.1, 0.15) is 4.87 Å². The van der Waals surface area contributed by atoms with Crippen molar-refractivity contribution in [3.8, 4) is 0 Å². The number of thioether (sulfide) groups is 1. The number of aryl methyl sites for hydroxylation is 1. The van der Waals surface area contributed by atoms with Gasteiger partial charge in [-0.1, -0.05) is 29.5 Å². The molecule has 3 aliphatic heterocycles. The van der Waals surface area contributed by atoms with Crippen LogP contribution in [0, 0.1) is 18.8 Å². The maximum atomic E-state index is 13.0. The van der Waals surface area contributed by atoms with E-state index in [-0.39, 0.29) is 23.7 Å². The van der Waals surface area contributed by atoms with E-state index in [9.17, 15) is 9.59 Å².